The molecule has 0 aliphatic heterocycles. The van der Waals surface area contributed by atoms with Crippen molar-refractivity contribution in [3.05, 3.63) is 66.9 Å². The standard InChI is InChI=1S/C21H23N3O/c1-21(2,20(25)23(3)4)24-15-18(16-11-7-5-8-12-16)19(22-24)17-13-9-6-10-14-17/h5-15H,1-4H3. The van der Waals surface area contributed by atoms with Gasteiger partial charge in [-0.15, -0.1) is 0 Å². The molecule has 0 unspecified atom stereocenters. The topological polar surface area (TPSA) is 38.1 Å². The average molecular weight is 333 g/mol. The lowest BCUT2D eigenvalue weighted by Gasteiger charge is -2.27. The first-order valence-corrected chi connectivity index (χ1v) is 8.34. The Bertz CT molecular complexity index is 808. The minimum Gasteiger partial charge on any atom is -0.347 e. The van der Waals surface area contributed by atoms with Crippen LogP contribution in [0.3, 0.4) is 0 Å². The first-order valence-electron chi connectivity index (χ1n) is 8.34. The van der Waals surface area contributed by atoms with Crippen LogP contribution in [0.4, 0.5) is 0 Å². The SMILES string of the molecule is CN(C)C(=O)C(C)(C)n1cc(-c2ccccc2)c(-c2ccccc2)n1. The van der Waals surface area contributed by atoms with Crippen LogP contribution < -0.4 is 0 Å². The molecule has 0 fully saturated rings. The number of rotatable bonds is 4. The maximum atomic E-state index is 12.6. The molecule has 2 aromatic carbocycles. The fraction of sp³-hybridized carbons (Fsp3) is 0.238. The average Bonchev–Trinajstić information content (AvgIpc) is 3.08. The molecule has 0 radical (unpaired) electrons. The highest BCUT2D eigenvalue weighted by molar-refractivity contribution is 5.85. The summed E-state index contributed by atoms with van der Waals surface area (Å²) in [5.41, 5.74) is 3.26. The van der Waals surface area contributed by atoms with Crippen LogP contribution in [0.2, 0.25) is 0 Å². The predicted octanol–water partition coefficient (Wildman–Crippen LogP) is 4.04. The second-order valence-corrected chi connectivity index (χ2v) is 6.83. The Balaban J connectivity index is 2.18. The van der Waals surface area contributed by atoms with E-state index < -0.39 is 5.54 Å². The van der Waals surface area contributed by atoms with E-state index >= 15 is 0 Å². The molecule has 1 aromatic heterocycles. The van der Waals surface area contributed by atoms with Gasteiger partial charge in [0.25, 0.3) is 0 Å². The van der Waals surface area contributed by atoms with E-state index in [1.54, 1.807) is 23.7 Å². The second-order valence-electron chi connectivity index (χ2n) is 6.83. The number of benzene rings is 2. The molecule has 0 saturated heterocycles. The molecular formula is C21H23N3O. The van der Waals surface area contributed by atoms with Crippen molar-refractivity contribution in [1.29, 1.82) is 0 Å². The number of aromatic nitrogens is 2. The molecule has 0 atom stereocenters. The third-order valence-corrected chi connectivity index (χ3v) is 4.35. The van der Waals surface area contributed by atoms with Gasteiger partial charge in [0, 0.05) is 31.4 Å². The highest BCUT2D eigenvalue weighted by Crippen LogP contribution is 2.33. The zero-order chi connectivity index (χ0) is 18.0. The Hall–Kier alpha value is -2.88. The summed E-state index contributed by atoms with van der Waals surface area (Å²) in [6.07, 6.45) is 1.97. The van der Waals surface area contributed by atoms with Gasteiger partial charge in [-0.05, 0) is 19.4 Å². The van der Waals surface area contributed by atoms with Crippen molar-refractivity contribution in [2.45, 2.75) is 19.4 Å². The maximum absolute atomic E-state index is 12.6. The van der Waals surface area contributed by atoms with Gasteiger partial charge in [0.15, 0.2) is 0 Å². The van der Waals surface area contributed by atoms with Gasteiger partial charge < -0.3 is 4.90 Å². The van der Waals surface area contributed by atoms with Crippen LogP contribution in [0.5, 0.6) is 0 Å². The molecule has 25 heavy (non-hydrogen) atoms. The lowest BCUT2D eigenvalue weighted by molar-refractivity contribution is -0.137. The molecule has 3 rings (SSSR count). The Morgan fingerprint density at radius 3 is 1.96 bits per heavy atom. The number of carbonyl (C=O) groups excluding carboxylic acids is 1. The molecule has 128 valence electrons. The first-order chi connectivity index (χ1) is 11.9. The maximum Gasteiger partial charge on any atom is 0.249 e. The van der Waals surface area contributed by atoms with Gasteiger partial charge in [-0.3, -0.25) is 9.48 Å². The molecule has 0 aliphatic carbocycles. The zero-order valence-electron chi connectivity index (χ0n) is 15.1. The van der Waals surface area contributed by atoms with Crippen molar-refractivity contribution in [3.63, 3.8) is 0 Å². The highest BCUT2D eigenvalue weighted by atomic mass is 16.2. The van der Waals surface area contributed by atoms with E-state index in [4.69, 9.17) is 5.10 Å². The van der Waals surface area contributed by atoms with Gasteiger partial charge in [-0.2, -0.15) is 5.10 Å². The molecule has 3 aromatic rings. The first kappa shape index (κ1) is 17.0. The smallest absolute Gasteiger partial charge is 0.249 e. The normalized spacial score (nSPS) is 11.4. The van der Waals surface area contributed by atoms with E-state index in [2.05, 4.69) is 12.1 Å². The van der Waals surface area contributed by atoms with Crippen molar-refractivity contribution in [2.75, 3.05) is 14.1 Å². The summed E-state index contributed by atoms with van der Waals surface area (Å²) in [4.78, 5) is 14.2. The Labute approximate surface area is 148 Å². The molecule has 0 spiro atoms. The van der Waals surface area contributed by atoms with Gasteiger partial charge in [0.2, 0.25) is 5.91 Å². The van der Waals surface area contributed by atoms with Crippen LogP contribution >= 0.6 is 0 Å². The van der Waals surface area contributed by atoms with Crippen LogP contribution in [0, 0.1) is 0 Å². The Morgan fingerprint density at radius 2 is 1.44 bits per heavy atom. The summed E-state index contributed by atoms with van der Waals surface area (Å²) in [7, 11) is 3.54. The molecule has 4 heteroatoms. The van der Waals surface area contributed by atoms with Gasteiger partial charge in [0.1, 0.15) is 11.2 Å². The van der Waals surface area contributed by atoms with Crippen LogP contribution in [-0.2, 0) is 10.3 Å². The van der Waals surface area contributed by atoms with Crippen LogP contribution in [0.15, 0.2) is 66.9 Å². The van der Waals surface area contributed by atoms with Crippen LogP contribution in [0.1, 0.15) is 13.8 Å². The highest BCUT2D eigenvalue weighted by Gasteiger charge is 2.33. The summed E-state index contributed by atoms with van der Waals surface area (Å²) in [6.45, 7) is 3.79. The van der Waals surface area contributed by atoms with E-state index in [0.717, 1.165) is 22.4 Å². The summed E-state index contributed by atoms with van der Waals surface area (Å²) < 4.78 is 1.78. The number of nitrogens with zero attached hydrogens (tertiary/aromatic N) is 3. The van der Waals surface area contributed by atoms with E-state index in [9.17, 15) is 4.79 Å². The summed E-state index contributed by atoms with van der Waals surface area (Å²) in [6, 6.07) is 20.2. The molecule has 1 heterocycles. The number of likely N-dealkylation sites (N-methyl/N-ethyl adjacent to an activating group) is 1. The number of hydrogen-bond acceptors (Lipinski definition) is 2. The van der Waals surface area contributed by atoms with Crippen molar-refractivity contribution >= 4 is 5.91 Å². The van der Waals surface area contributed by atoms with Gasteiger partial charge in [-0.1, -0.05) is 60.7 Å². The minimum atomic E-state index is -0.764. The predicted molar refractivity (Wildman–Crippen MR) is 101 cm³/mol. The largest absolute Gasteiger partial charge is 0.347 e. The van der Waals surface area contributed by atoms with E-state index in [1.165, 1.54) is 0 Å². The van der Waals surface area contributed by atoms with Gasteiger partial charge in [-0.25, -0.2) is 0 Å². The third-order valence-electron chi connectivity index (χ3n) is 4.35. The van der Waals surface area contributed by atoms with E-state index in [1.807, 2.05) is 68.6 Å². The van der Waals surface area contributed by atoms with E-state index in [0.29, 0.717) is 0 Å². The molecule has 4 nitrogen and oxygen atoms in total. The van der Waals surface area contributed by atoms with Crippen molar-refractivity contribution in [2.24, 2.45) is 0 Å². The Morgan fingerprint density at radius 1 is 0.920 bits per heavy atom. The summed E-state index contributed by atoms with van der Waals surface area (Å²) in [5, 5.41) is 4.80. The van der Waals surface area contributed by atoms with Gasteiger partial charge >= 0.3 is 0 Å². The fourth-order valence-corrected chi connectivity index (χ4v) is 2.94. The Kier molecular flexibility index (Phi) is 4.45. The minimum absolute atomic E-state index is 0.00854. The lowest BCUT2D eigenvalue weighted by Crippen LogP contribution is -2.44. The van der Waals surface area contributed by atoms with Gasteiger partial charge in [0.05, 0.1) is 0 Å². The van der Waals surface area contributed by atoms with Crippen molar-refractivity contribution in [1.82, 2.24) is 14.7 Å². The molecule has 0 N–H and O–H groups in total. The third kappa shape index (κ3) is 3.20. The van der Waals surface area contributed by atoms with Crippen molar-refractivity contribution in [3.8, 4) is 22.4 Å². The molecule has 0 saturated carbocycles. The van der Waals surface area contributed by atoms with Crippen LogP contribution in [-0.4, -0.2) is 34.7 Å². The molecular weight excluding hydrogens is 310 g/mol. The summed E-state index contributed by atoms with van der Waals surface area (Å²) in [5.74, 6) is 0.00854. The number of hydrogen-bond donors (Lipinski definition) is 0. The zero-order valence-corrected chi connectivity index (χ0v) is 15.1. The fourth-order valence-electron chi connectivity index (χ4n) is 2.94. The number of carbonyl (C=O) groups is 1. The second kappa shape index (κ2) is 6.55. The van der Waals surface area contributed by atoms with Crippen molar-refractivity contribution < 1.29 is 4.79 Å². The van der Waals surface area contributed by atoms with Crippen LogP contribution in [0.25, 0.3) is 22.4 Å². The van der Waals surface area contributed by atoms with E-state index in [-0.39, 0.29) is 5.91 Å². The summed E-state index contributed by atoms with van der Waals surface area (Å²) >= 11 is 0. The molecule has 1 amide bonds. The lowest BCUT2D eigenvalue weighted by atomic mass is 10.0. The monoisotopic (exact) mass is 333 g/mol. The quantitative estimate of drug-likeness (QED) is 0.723. The molecule has 0 bridgehead atoms. The number of amides is 1. The molecule has 0 aliphatic rings.